The monoisotopic (exact) mass is 212 g/mol. The third-order valence-electron chi connectivity index (χ3n) is 3.10. The van der Waals surface area contributed by atoms with Gasteiger partial charge in [-0.2, -0.15) is 0 Å². The van der Waals surface area contributed by atoms with E-state index in [4.69, 9.17) is 0 Å². The van der Waals surface area contributed by atoms with Crippen LogP contribution in [0.5, 0.6) is 0 Å². The lowest BCUT2D eigenvalue weighted by atomic mass is 10.2. The van der Waals surface area contributed by atoms with Crippen molar-refractivity contribution in [1.82, 2.24) is 9.55 Å². The summed E-state index contributed by atoms with van der Waals surface area (Å²) in [7, 11) is 0. The minimum absolute atomic E-state index is 0.0810. The number of rotatable bonds is 0. The molecule has 1 aromatic heterocycles. The van der Waals surface area contributed by atoms with Crippen molar-refractivity contribution < 1.29 is 0 Å². The molecule has 3 nitrogen and oxygen atoms in total. The smallest absolute Gasteiger partial charge is 0.261 e. The second-order valence-electron chi connectivity index (χ2n) is 3.97. The van der Waals surface area contributed by atoms with E-state index in [9.17, 15) is 4.79 Å². The molecule has 1 aromatic carbocycles. The van der Waals surface area contributed by atoms with Gasteiger partial charge in [-0.15, -0.1) is 0 Å². The van der Waals surface area contributed by atoms with Crippen molar-refractivity contribution in [2.45, 2.75) is 19.9 Å². The SMILES string of the molecule is C/C=C1\CCn2c1nc1ccccc1c2=O. The van der Waals surface area contributed by atoms with Crippen molar-refractivity contribution in [2.75, 3.05) is 0 Å². The summed E-state index contributed by atoms with van der Waals surface area (Å²) < 4.78 is 1.78. The molecule has 0 saturated carbocycles. The average molecular weight is 212 g/mol. The molecule has 2 aromatic rings. The van der Waals surface area contributed by atoms with Gasteiger partial charge >= 0.3 is 0 Å². The Morgan fingerprint density at radius 3 is 3.00 bits per heavy atom. The van der Waals surface area contributed by atoms with Crippen LogP contribution in [0.3, 0.4) is 0 Å². The van der Waals surface area contributed by atoms with Crippen LogP contribution in [0.15, 0.2) is 35.1 Å². The van der Waals surface area contributed by atoms with Crippen molar-refractivity contribution in [1.29, 1.82) is 0 Å². The lowest BCUT2D eigenvalue weighted by Gasteiger charge is -2.04. The molecule has 0 radical (unpaired) electrons. The van der Waals surface area contributed by atoms with Crippen LogP contribution in [-0.4, -0.2) is 9.55 Å². The molecule has 0 spiro atoms. The number of allylic oxidation sites excluding steroid dienone is 2. The Labute approximate surface area is 93.1 Å². The molecule has 80 valence electrons. The third-order valence-corrected chi connectivity index (χ3v) is 3.10. The fourth-order valence-electron chi connectivity index (χ4n) is 2.24. The molecule has 0 saturated heterocycles. The molecule has 3 rings (SSSR count). The number of para-hydroxylation sites is 1. The van der Waals surface area contributed by atoms with E-state index in [1.165, 1.54) is 5.57 Å². The lowest BCUT2D eigenvalue weighted by molar-refractivity contribution is 0.725. The number of aromatic nitrogens is 2. The molecule has 0 aliphatic carbocycles. The van der Waals surface area contributed by atoms with Gasteiger partial charge in [-0.25, -0.2) is 4.98 Å². The van der Waals surface area contributed by atoms with Crippen molar-refractivity contribution in [2.24, 2.45) is 0 Å². The summed E-state index contributed by atoms with van der Waals surface area (Å²) in [4.78, 5) is 16.7. The molecular formula is C13H12N2O. The van der Waals surface area contributed by atoms with Crippen molar-refractivity contribution >= 4 is 16.5 Å². The fraction of sp³-hybridized carbons (Fsp3) is 0.231. The van der Waals surface area contributed by atoms with Gasteiger partial charge in [0.05, 0.1) is 10.9 Å². The van der Waals surface area contributed by atoms with Crippen molar-refractivity contribution in [3.63, 3.8) is 0 Å². The summed E-state index contributed by atoms with van der Waals surface area (Å²) in [5.74, 6) is 0.839. The first-order valence-electron chi connectivity index (χ1n) is 5.46. The Hall–Kier alpha value is -1.90. The van der Waals surface area contributed by atoms with Crippen molar-refractivity contribution in [3.05, 3.63) is 46.5 Å². The minimum atomic E-state index is 0.0810. The zero-order valence-electron chi connectivity index (χ0n) is 9.10. The number of nitrogens with zero attached hydrogens (tertiary/aromatic N) is 2. The van der Waals surface area contributed by atoms with E-state index in [1.54, 1.807) is 4.57 Å². The highest BCUT2D eigenvalue weighted by atomic mass is 16.1. The average Bonchev–Trinajstić information content (AvgIpc) is 2.72. The largest absolute Gasteiger partial charge is 0.292 e. The van der Waals surface area contributed by atoms with Crippen LogP contribution >= 0.6 is 0 Å². The topological polar surface area (TPSA) is 34.9 Å². The van der Waals surface area contributed by atoms with Crippen LogP contribution in [0.4, 0.5) is 0 Å². The first-order valence-corrected chi connectivity index (χ1v) is 5.46. The van der Waals surface area contributed by atoms with Gasteiger partial charge in [0, 0.05) is 6.54 Å². The Morgan fingerprint density at radius 1 is 1.38 bits per heavy atom. The molecule has 3 heteroatoms. The zero-order chi connectivity index (χ0) is 11.1. The Morgan fingerprint density at radius 2 is 2.19 bits per heavy atom. The molecule has 16 heavy (non-hydrogen) atoms. The van der Waals surface area contributed by atoms with Crippen LogP contribution < -0.4 is 5.56 Å². The molecule has 1 aliphatic rings. The normalized spacial score (nSPS) is 16.9. The van der Waals surface area contributed by atoms with E-state index in [-0.39, 0.29) is 5.56 Å². The minimum Gasteiger partial charge on any atom is -0.292 e. The van der Waals surface area contributed by atoms with E-state index in [2.05, 4.69) is 4.98 Å². The Balaban J connectivity index is 2.46. The fourth-order valence-corrected chi connectivity index (χ4v) is 2.24. The molecule has 0 atom stereocenters. The number of benzene rings is 1. The van der Waals surface area contributed by atoms with Gasteiger partial charge in [0.15, 0.2) is 0 Å². The van der Waals surface area contributed by atoms with E-state index < -0.39 is 0 Å². The van der Waals surface area contributed by atoms with Gasteiger partial charge in [0.25, 0.3) is 5.56 Å². The third kappa shape index (κ3) is 1.14. The van der Waals surface area contributed by atoms with Gasteiger partial charge < -0.3 is 0 Å². The summed E-state index contributed by atoms with van der Waals surface area (Å²) >= 11 is 0. The molecule has 0 bridgehead atoms. The van der Waals surface area contributed by atoms with Crippen molar-refractivity contribution in [3.8, 4) is 0 Å². The Kier molecular flexibility index (Phi) is 1.93. The summed E-state index contributed by atoms with van der Waals surface area (Å²) in [5, 5.41) is 0.712. The highest BCUT2D eigenvalue weighted by Crippen LogP contribution is 2.24. The summed E-state index contributed by atoms with van der Waals surface area (Å²) in [6.07, 6.45) is 2.95. The van der Waals surface area contributed by atoms with Gasteiger partial charge in [-0.3, -0.25) is 9.36 Å². The second kappa shape index (κ2) is 3.30. The number of hydrogen-bond donors (Lipinski definition) is 0. The first kappa shape index (κ1) is 9.33. The standard InChI is InChI=1S/C13H12N2O/c1-2-9-7-8-15-12(9)14-11-6-4-3-5-10(11)13(15)16/h2-6H,7-8H2,1H3/b9-2+. The van der Waals surface area contributed by atoms with E-state index in [0.717, 1.165) is 24.3 Å². The highest BCUT2D eigenvalue weighted by Gasteiger charge is 2.19. The predicted octanol–water partition coefficient (Wildman–Crippen LogP) is 2.20. The molecule has 2 heterocycles. The van der Waals surface area contributed by atoms with Crippen LogP contribution in [0.2, 0.25) is 0 Å². The van der Waals surface area contributed by atoms with Gasteiger partial charge in [0.1, 0.15) is 5.82 Å². The molecule has 1 aliphatic heterocycles. The molecule has 0 fully saturated rings. The maximum Gasteiger partial charge on any atom is 0.261 e. The number of fused-ring (bicyclic) bond motifs is 2. The Bertz CT molecular complexity index is 653. The van der Waals surface area contributed by atoms with Crippen LogP contribution in [0.1, 0.15) is 19.2 Å². The molecule has 0 N–H and O–H groups in total. The van der Waals surface area contributed by atoms with Gasteiger partial charge in [0.2, 0.25) is 0 Å². The van der Waals surface area contributed by atoms with Gasteiger partial charge in [-0.05, 0) is 31.1 Å². The number of hydrogen-bond acceptors (Lipinski definition) is 2. The first-order chi connectivity index (χ1) is 7.81. The van der Waals surface area contributed by atoms with Gasteiger partial charge in [-0.1, -0.05) is 18.2 Å². The summed E-state index contributed by atoms with van der Waals surface area (Å²) in [5.41, 5.74) is 2.04. The maximum absolute atomic E-state index is 12.2. The quantitative estimate of drug-likeness (QED) is 0.671. The van der Waals surface area contributed by atoms with E-state index >= 15 is 0 Å². The molecular weight excluding hydrogens is 200 g/mol. The summed E-state index contributed by atoms with van der Waals surface area (Å²) in [6.45, 7) is 2.75. The zero-order valence-corrected chi connectivity index (χ0v) is 9.10. The van der Waals surface area contributed by atoms with E-state index in [1.807, 2.05) is 37.3 Å². The predicted molar refractivity (Wildman–Crippen MR) is 64.3 cm³/mol. The summed E-state index contributed by atoms with van der Waals surface area (Å²) in [6, 6.07) is 7.52. The van der Waals surface area contributed by atoms with Crippen LogP contribution in [0.25, 0.3) is 16.5 Å². The molecule has 0 unspecified atom stereocenters. The van der Waals surface area contributed by atoms with E-state index in [0.29, 0.717) is 5.39 Å². The van der Waals surface area contributed by atoms with Crippen LogP contribution in [-0.2, 0) is 6.54 Å². The lowest BCUT2D eigenvalue weighted by Crippen LogP contribution is -2.20. The second-order valence-corrected chi connectivity index (χ2v) is 3.97. The van der Waals surface area contributed by atoms with Crippen LogP contribution in [0, 0.1) is 0 Å². The molecule has 0 amide bonds. The highest BCUT2D eigenvalue weighted by molar-refractivity contribution is 5.79. The maximum atomic E-state index is 12.2.